The number of quaternary nitrogens is 1. The lowest BCUT2D eigenvalue weighted by molar-refractivity contribution is -0.862. The van der Waals surface area contributed by atoms with Crippen LogP contribution in [0.3, 0.4) is 0 Å². The lowest BCUT2D eigenvalue weighted by atomic mass is 10.2. The summed E-state index contributed by atoms with van der Waals surface area (Å²) in [6, 6.07) is 10.0. The number of halogens is 1. The van der Waals surface area contributed by atoms with Crippen molar-refractivity contribution in [3.63, 3.8) is 0 Å². The number of ether oxygens (including phenoxy) is 3. The molecular formula is C20H25ClN3O5+. The summed E-state index contributed by atoms with van der Waals surface area (Å²) in [7, 11) is 6.32. The molecule has 1 unspecified atom stereocenters. The standard InChI is InChI=1S/C20H24ClN3O5/c1-24(12-20(26)23-16-9-13(21)5-8-17(16)28-3)11-19(25)22-15-7-6-14(27-2)10-18(15)29-4/h5-10H,11-12H2,1-4H3,(H,22,25)(H,23,26)/p+1. The van der Waals surface area contributed by atoms with E-state index >= 15 is 0 Å². The maximum Gasteiger partial charge on any atom is 0.279 e. The fourth-order valence-corrected chi connectivity index (χ4v) is 2.85. The van der Waals surface area contributed by atoms with Crippen molar-refractivity contribution in [3.05, 3.63) is 41.4 Å². The van der Waals surface area contributed by atoms with Gasteiger partial charge in [-0.1, -0.05) is 11.6 Å². The van der Waals surface area contributed by atoms with Crippen molar-refractivity contribution in [2.75, 3.05) is 52.1 Å². The molecule has 1 atom stereocenters. The van der Waals surface area contributed by atoms with Crippen molar-refractivity contribution >= 4 is 34.8 Å². The molecular weight excluding hydrogens is 398 g/mol. The monoisotopic (exact) mass is 422 g/mol. The molecule has 29 heavy (non-hydrogen) atoms. The number of likely N-dealkylation sites (N-methyl/N-ethyl adjacent to an activating group) is 1. The average molecular weight is 423 g/mol. The Balaban J connectivity index is 1.92. The SMILES string of the molecule is COc1ccc(NC(=O)C[NH+](C)CC(=O)Nc2cc(Cl)ccc2OC)c(OC)c1. The van der Waals surface area contributed by atoms with Crippen molar-refractivity contribution in [1.82, 2.24) is 0 Å². The molecule has 0 aliphatic heterocycles. The number of nitrogens with one attached hydrogen (secondary N) is 3. The van der Waals surface area contributed by atoms with E-state index in [1.165, 1.54) is 14.2 Å². The van der Waals surface area contributed by atoms with Gasteiger partial charge in [0.2, 0.25) is 0 Å². The van der Waals surface area contributed by atoms with E-state index in [1.54, 1.807) is 50.6 Å². The zero-order chi connectivity index (χ0) is 21.4. The molecule has 0 radical (unpaired) electrons. The predicted molar refractivity (Wildman–Crippen MR) is 111 cm³/mol. The molecule has 0 heterocycles. The van der Waals surface area contributed by atoms with Crippen LogP contribution in [0, 0.1) is 0 Å². The minimum Gasteiger partial charge on any atom is -0.497 e. The molecule has 0 saturated carbocycles. The number of carbonyl (C=O) groups excluding carboxylic acids is 2. The highest BCUT2D eigenvalue weighted by Gasteiger charge is 2.17. The van der Waals surface area contributed by atoms with E-state index in [-0.39, 0.29) is 24.9 Å². The Morgan fingerprint density at radius 1 is 0.862 bits per heavy atom. The van der Waals surface area contributed by atoms with Crippen molar-refractivity contribution in [2.45, 2.75) is 0 Å². The van der Waals surface area contributed by atoms with Crippen LogP contribution in [-0.2, 0) is 9.59 Å². The summed E-state index contributed by atoms with van der Waals surface area (Å²) in [6.07, 6.45) is 0. The summed E-state index contributed by atoms with van der Waals surface area (Å²) in [6.45, 7) is 0.179. The number of carbonyl (C=O) groups is 2. The van der Waals surface area contributed by atoms with Crippen LogP contribution in [-0.4, -0.2) is 53.3 Å². The number of amides is 2. The van der Waals surface area contributed by atoms with Crippen LogP contribution in [0.5, 0.6) is 17.2 Å². The van der Waals surface area contributed by atoms with E-state index in [4.69, 9.17) is 25.8 Å². The highest BCUT2D eigenvalue weighted by atomic mass is 35.5. The quantitative estimate of drug-likeness (QED) is 0.569. The van der Waals surface area contributed by atoms with E-state index in [0.29, 0.717) is 38.5 Å². The van der Waals surface area contributed by atoms with Crippen LogP contribution in [0.25, 0.3) is 0 Å². The van der Waals surface area contributed by atoms with Gasteiger partial charge in [0.25, 0.3) is 11.8 Å². The van der Waals surface area contributed by atoms with Crippen LogP contribution in [0.15, 0.2) is 36.4 Å². The molecule has 0 fully saturated rings. The third kappa shape index (κ3) is 6.55. The summed E-state index contributed by atoms with van der Waals surface area (Å²) in [5.41, 5.74) is 1.00. The molecule has 3 N–H and O–H groups in total. The zero-order valence-electron chi connectivity index (χ0n) is 16.8. The normalized spacial score (nSPS) is 11.3. The third-order valence-electron chi connectivity index (χ3n) is 4.04. The Morgan fingerprint density at radius 2 is 1.48 bits per heavy atom. The molecule has 0 bridgehead atoms. The predicted octanol–water partition coefficient (Wildman–Crippen LogP) is 1.46. The van der Waals surface area contributed by atoms with E-state index in [0.717, 1.165) is 0 Å². The van der Waals surface area contributed by atoms with E-state index < -0.39 is 0 Å². The summed E-state index contributed by atoms with van der Waals surface area (Å²) in [4.78, 5) is 25.4. The van der Waals surface area contributed by atoms with Crippen LogP contribution < -0.4 is 29.7 Å². The van der Waals surface area contributed by atoms with Gasteiger partial charge in [-0.3, -0.25) is 9.59 Å². The fourth-order valence-electron chi connectivity index (χ4n) is 2.68. The minimum absolute atomic E-state index is 0.0861. The molecule has 8 nitrogen and oxygen atoms in total. The molecule has 0 aromatic heterocycles. The molecule has 156 valence electrons. The van der Waals surface area contributed by atoms with Crippen LogP contribution in [0.2, 0.25) is 5.02 Å². The van der Waals surface area contributed by atoms with Gasteiger partial charge < -0.3 is 29.7 Å². The smallest absolute Gasteiger partial charge is 0.279 e. The number of anilines is 2. The number of hydrogen-bond acceptors (Lipinski definition) is 5. The summed E-state index contributed by atoms with van der Waals surface area (Å²) in [5.74, 6) is 1.10. The Labute approximate surface area is 174 Å². The fraction of sp³-hybridized carbons (Fsp3) is 0.300. The Kier molecular flexibility index (Phi) is 8.11. The maximum absolute atomic E-state index is 12.3. The molecule has 2 aromatic rings. The number of rotatable bonds is 9. The second-order valence-corrected chi connectivity index (χ2v) is 6.75. The van der Waals surface area contributed by atoms with Crippen molar-refractivity contribution < 1.29 is 28.7 Å². The van der Waals surface area contributed by atoms with Gasteiger partial charge in [-0.2, -0.15) is 0 Å². The Bertz CT molecular complexity index is 875. The first-order valence-corrected chi connectivity index (χ1v) is 9.20. The van der Waals surface area contributed by atoms with Crippen LogP contribution >= 0.6 is 11.6 Å². The lowest BCUT2D eigenvalue weighted by Gasteiger charge is -2.16. The first-order valence-electron chi connectivity index (χ1n) is 8.82. The molecule has 2 amide bonds. The maximum atomic E-state index is 12.3. The summed E-state index contributed by atoms with van der Waals surface area (Å²) >= 11 is 5.97. The molecule has 0 spiro atoms. The number of benzene rings is 2. The van der Waals surface area contributed by atoms with Gasteiger partial charge in [0.15, 0.2) is 13.1 Å². The highest BCUT2D eigenvalue weighted by Crippen LogP contribution is 2.29. The zero-order valence-corrected chi connectivity index (χ0v) is 17.6. The van der Waals surface area contributed by atoms with Crippen molar-refractivity contribution in [2.24, 2.45) is 0 Å². The minimum atomic E-state index is -0.266. The van der Waals surface area contributed by atoms with Crippen molar-refractivity contribution in [1.29, 1.82) is 0 Å². The number of hydrogen-bond donors (Lipinski definition) is 3. The van der Waals surface area contributed by atoms with Gasteiger partial charge in [0, 0.05) is 11.1 Å². The molecule has 2 aromatic carbocycles. The highest BCUT2D eigenvalue weighted by molar-refractivity contribution is 6.31. The topological polar surface area (TPSA) is 90.3 Å². The third-order valence-corrected chi connectivity index (χ3v) is 4.28. The van der Waals surface area contributed by atoms with E-state index in [1.807, 2.05) is 0 Å². The first-order chi connectivity index (χ1) is 13.9. The molecule has 0 saturated heterocycles. The average Bonchev–Trinajstić information content (AvgIpc) is 2.68. The molecule has 9 heteroatoms. The largest absolute Gasteiger partial charge is 0.497 e. The lowest BCUT2D eigenvalue weighted by Crippen LogP contribution is -3.11. The summed E-state index contributed by atoms with van der Waals surface area (Å²) < 4.78 is 15.6. The van der Waals surface area contributed by atoms with Gasteiger partial charge in [-0.05, 0) is 30.3 Å². The Morgan fingerprint density at radius 3 is 2.07 bits per heavy atom. The molecule has 0 aliphatic rings. The first kappa shape index (κ1) is 22.3. The van der Waals surface area contributed by atoms with Crippen molar-refractivity contribution in [3.8, 4) is 17.2 Å². The second-order valence-electron chi connectivity index (χ2n) is 6.32. The van der Waals surface area contributed by atoms with Gasteiger partial charge in [-0.25, -0.2) is 0 Å². The van der Waals surface area contributed by atoms with E-state index in [2.05, 4.69) is 10.6 Å². The van der Waals surface area contributed by atoms with E-state index in [9.17, 15) is 9.59 Å². The van der Waals surface area contributed by atoms with Crippen LogP contribution in [0.1, 0.15) is 0 Å². The van der Waals surface area contributed by atoms with Crippen LogP contribution in [0.4, 0.5) is 11.4 Å². The molecule has 0 aliphatic carbocycles. The van der Waals surface area contributed by atoms with Gasteiger partial charge in [0.05, 0.1) is 39.8 Å². The molecule has 2 rings (SSSR count). The summed E-state index contributed by atoms with van der Waals surface area (Å²) in [5, 5.41) is 6.02. The van der Waals surface area contributed by atoms with Gasteiger partial charge in [0.1, 0.15) is 17.2 Å². The Hall–Kier alpha value is -2.97. The van der Waals surface area contributed by atoms with Gasteiger partial charge in [-0.15, -0.1) is 0 Å². The van der Waals surface area contributed by atoms with Gasteiger partial charge >= 0.3 is 0 Å². The number of methoxy groups -OCH3 is 3. The second kappa shape index (κ2) is 10.5.